The average Bonchev–Trinajstić information content (AvgIpc) is 3.44. The van der Waals surface area contributed by atoms with Crippen LogP contribution < -0.4 is 11.1 Å². The van der Waals surface area contributed by atoms with Crippen LogP contribution >= 0.6 is 0 Å². The lowest BCUT2D eigenvalue weighted by molar-refractivity contribution is -0.119. The van der Waals surface area contributed by atoms with Crippen molar-refractivity contribution in [3.63, 3.8) is 0 Å². The lowest BCUT2D eigenvalue weighted by Crippen LogP contribution is -2.32. The minimum Gasteiger partial charge on any atom is -0.508 e. The molecule has 3 aromatic heterocycles. The number of aromatic nitrogens is 5. The molecule has 0 aliphatic carbocycles. The van der Waals surface area contributed by atoms with E-state index in [2.05, 4.69) is 25.3 Å². The average molecular weight is 499 g/mol. The Kier molecular flexibility index (Phi) is 4.90. The normalized spacial score (nSPS) is 16.7. The molecule has 2 aromatic carbocycles. The monoisotopic (exact) mass is 499 g/mol. The molecule has 1 unspecified atom stereocenters. The summed E-state index contributed by atoms with van der Waals surface area (Å²) in [5, 5.41) is 12.7. The third kappa shape index (κ3) is 3.54. The Hall–Kier alpha value is -4.93. The molecule has 0 fully saturated rings. The number of carbonyl (C=O) groups is 1. The van der Waals surface area contributed by atoms with E-state index in [9.17, 15) is 18.7 Å². The highest BCUT2D eigenvalue weighted by atomic mass is 19.1. The fourth-order valence-corrected chi connectivity index (χ4v) is 4.68. The molecule has 37 heavy (non-hydrogen) atoms. The predicted molar refractivity (Wildman–Crippen MR) is 131 cm³/mol. The van der Waals surface area contributed by atoms with Gasteiger partial charge in [0.25, 0.3) is 0 Å². The minimum atomic E-state index is -1.22. The molecule has 184 valence electrons. The zero-order valence-electron chi connectivity index (χ0n) is 19.4. The van der Waals surface area contributed by atoms with Crippen molar-refractivity contribution < 1.29 is 18.7 Å². The maximum Gasteiger partial charge on any atom is 0.240 e. The van der Waals surface area contributed by atoms with Crippen molar-refractivity contribution in [2.24, 2.45) is 0 Å². The van der Waals surface area contributed by atoms with Gasteiger partial charge in [-0.25, -0.2) is 28.7 Å². The van der Waals surface area contributed by atoms with Gasteiger partial charge in [0.15, 0.2) is 11.5 Å². The molecule has 11 heteroatoms. The van der Waals surface area contributed by atoms with Crippen LogP contribution in [0.25, 0.3) is 17.2 Å². The number of carbonyl (C=O) groups excluding carboxylic acids is 1. The molecule has 1 aliphatic heterocycles. The van der Waals surface area contributed by atoms with Gasteiger partial charge < -0.3 is 20.6 Å². The van der Waals surface area contributed by atoms with Gasteiger partial charge in [-0.3, -0.25) is 4.79 Å². The number of rotatable bonds is 4. The van der Waals surface area contributed by atoms with Gasteiger partial charge in [0, 0.05) is 31.1 Å². The number of nitrogen functional groups attached to an aromatic ring is 1. The first kappa shape index (κ1) is 22.5. The van der Waals surface area contributed by atoms with E-state index in [4.69, 9.17) is 5.73 Å². The molecule has 0 radical (unpaired) electrons. The van der Waals surface area contributed by atoms with Gasteiger partial charge in [-0.05, 0) is 36.2 Å². The summed E-state index contributed by atoms with van der Waals surface area (Å²) in [5.41, 5.74) is 7.56. The molecule has 1 aliphatic rings. The van der Waals surface area contributed by atoms with Gasteiger partial charge in [0.1, 0.15) is 40.1 Å². The highest BCUT2D eigenvalue weighted by molar-refractivity contribution is 6.09. The van der Waals surface area contributed by atoms with Crippen LogP contribution in [0.2, 0.25) is 0 Å². The number of hydrogen-bond acceptors (Lipinski definition) is 7. The first-order valence-electron chi connectivity index (χ1n) is 11.3. The number of hydrogen-bond donors (Lipinski definition) is 3. The number of aromatic hydroxyl groups is 1. The number of imidazole rings is 1. The van der Waals surface area contributed by atoms with Gasteiger partial charge in [0.05, 0.1) is 11.3 Å². The lowest BCUT2D eigenvalue weighted by Gasteiger charge is -2.23. The summed E-state index contributed by atoms with van der Waals surface area (Å²) >= 11 is 0. The number of amides is 1. The molecular formula is C26H19F2N7O2. The molecule has 5 aromatic rings. The quantitative estimate of drug-likeness (QED) is 0.344. The second kappa shape index (κ2) is 8.05. The molecular weight excluding hydrogens is 480 g/mol. The smallest absolute Gasteiger partial charge is 0.240 e. The second-order valence-corrected chi connectivity index (χ2v) is 8.93. The van der Waals surface area contributed by atoms with E-state index in [0.717, 1.165) is 6.07 Å². The molecule has 6 rings (SSSR count). The van der Waals surface area contributed by atoms with Crippen molar-refractivity contribution in [2.75, 3.05) is 11.1 Å². The molecule has 9 nitrogen and oxygen atoms in total. The summed E-state index contributed by atoms with van der Waals surface area (Å²) in [6, 6.07) is 9.73. The van der Waals surface area contributed by atoms with E-state index in [1.54, 1.807) is 42.0 Å². The van der Waals surface area contributed by atoms with E-state index >= 15 is 0 Å². The fourth-order valence-electron chi connectivity index (χ4n) is 4.68. The first-order valence-corrected chi connectivity index (χ1v) is 11.3. The van der Waals surface area contributed by atoms with Crippen molar-refractivity contribution in [2.45, 2.75) is 18.8 Å². The van der Waals surface area contributed by atoms with Gasteiger partial charge in [-0.1, -0.05) is 18.2 Å². The number of nitrogens with one attached hydrogen (secondary N) is 1. The summed E-state index contributed by atoms with van der Waals surface area (Å²) in [6.07, 6.45) is 4.97. The molecule has 0 bridgehead atoms. The maximum absolute atomic E-state index is 14.4. The molecule has 1 amide bonds. The number of phenolic OH excluding ortho intramolecular Hbond substituents is 1. The Bertz CT molecular complexity index is 1740. The van der Waals surface area contributed by atoms with E-state index in [1.165, 1.54) is 24.3 Å². The van der Waals surface area contributed by atoms with Crippen LogP contribution in [0.1, 0.15) is 29.3 Å². The zero-order valence-corrected chi connectivity index (χ0v) is 19.4. The van der Waals surface area contributed by atoms with E-state index < -0.39 is 17.0 Å². The Morgan fingerprint density at radius 2 is 1.97 bits per heavy atom. The zero-order chi connectivity index (χ0) is 25.9. The van der Waals surface area contributed by atoms with E-state index in [1.807, 2.05) is 0 Å². The van der Waals surface area contributed by atoms with Crippen molar-refractivity contribution in [1.82, 2.24) is 24.3 Å². The van der Waals surface area contributed by atoms with Crippen molar-refractivity contribution in [1.29, 1.82) is 0 Å². The highest BCUT2D eigenvalue weighted by Gasteiger charge is 2.47. The van der Waals surface area contributed by atoms with Gasteiger partial charge in [-0.15, -0.1) is 0 Å². The van der Waals surface area contributed by atoms with Crippen molar-refractivity contribution >= 4 is 23.2 Å². The number of fused-ring (bicyclic) bond motifs is 2. The molecule has 0 spiro atoms. The Morgan fingerprint density at radius 1 is 1.14 bits per heavy atom. The van der Waals surface area contributed by atoms with Crippen LogP contribution in [0.3, 0.4) is 0 Å². The number of halogens is 2. The fraction of sp³-hybridized carbons (Fsp3) is 0.115. The summed E-state index contributed by atoms with van der Waals surface area (Å²) < 4.78 is 29.5. The second-order valence-electron chi connectivity index (χ2n) is 8.93. The number of nitrogens with zero attached hydrogens (tertiary/aromatic N) is 5. The van der Waals surface area contributed by atoms with Gasteiger partial charge in [-0.2, -0.15) is 0 Å². The molecule has 0 saturated heterocycles. The first-order chi connectivity index (χ1) is 17.7. The third-order valence-electron chi connectivity index (χ3n) is 6.59. The Labute approximate surface area is 208 Å². The minimum absolute atomic E-state index is 0.0130. The van der Waals surface area contributed by atoms with Gasteiger partial charge in [0.2, 0.25) is 5.91 Å². The van der Waals surface area contributed by atoms with Crippen molar-refractivity contribution in [3.8, 4) is 17.3 Å². The van der Waals surface area contributed by atoms with Crippen molar-refractivity contribution in [3.05, 3.63) is 95.1 Å². The van der Waals surface area contributed by atoms with Crippen LogP contribution in [0.4, 0.5) is 20.4 Å². The third-order valence-corrected chi connectivity index (χ3v) is 6.59. The number of anilines is 2. The summed E-state index contributed by atoms with van der Waals surface area (Å²) in [7, 11) is 0. The van der Waals surface area contributed by atoms with Crippen LogP contribution in [0.15, 0.2) is 61.1 Å². The van der Waals surface area contributed by atoms with Crippen LogP contribution in [-0.2, 0) is 16.6 Å². The van der Waals surface area contributed by atoms with Crippen LogP contribution in [0, 0.1) is 11.6 Å². The molecule has 1 atom stereocenters. The molecule has 4 N–H and O–H groups in total. The number of phenols is 1. The number of benzene rings is 2. The standard InChI is InChI=1S/C26H19F2N7O2/c1-26(14-3-2-4-16(36)10-14)20-21(29)32-22(33-23(20)34-25(26)37)19-12-35-8-7-30-24(35)18(31-19)9-13-5-6-15(27)11-17(13)28/h2-8,10-12,36H,9H2,1H3,(H3,29,32,33,34,37). The maximum atomic E-state index is 14.4. The summed E-state index contributed by atoms with van der Waals surface area (Å²) in [4.78, 5) is 31.0. The topological polar surface area (TPSA) is 131 Å². The Morgan fingerprint density at radius 3 is 2.76 bits per heavy atom. The summed E-state index contributed by atoms with van der Waals surface area (Å²) in [5.74, 6) is -1.26. The van der Waals surface area contributed by atoms with Crippen LogP contribution in [0.5, 0.6) is 5.75 Å². The van der Waals surface area contributed by atoms with Gasteiger partial charge >= 0.3 is 0 Å². The van der Waals surface area contributed by atoms with E-state index in [0.29, 0.717) is 28.2 Å². The Balaban J connectivity index is 1.46. The molecule has 0 saturated carbocycles. The lowest BCUT2D eigenvalue weighted by atomic mass is 9.77. The van der Waals surface area contributed by atoms with Crippen LogP contribution in [-0.4, -0.2) is 35.4 Å². The largest absolute Gasteiger partial charge is 0.508 e. The van der Waals surface area contributed by atoms with E-state index in [-0.39, 0.29) is 41.1 Å². The molecule has 4 heterocycles. The number of nitrogens with two attached hydrogens (primary N) is 1. The SMILES string of the molecule is CC1(c2cccc(O)c2)C(=O)Nc2nc(-c3cn4ccnc4c(Cc4ccc(F)cc4F)n3)nc(N)c21. The predicted octanol–water partition coefficient (Wildman–Crippen LogP) is 3.60. The highest BCUT2D eigenvalue weighted by Crippen LogP contribution is 2.45. The summed E-state index contributed by atoms with van der Waals surface area (Å²) in [6.45, 7) is 1.69.